The standard InChI is InChI=1S/C16H24N2O4S/c1-12-3-4-15(11-13(12)2)23(21,22)18-8-5-14(6-9-18)16(20)17-7-10-19/h3-4,11,14,19H,5-10H2,1-2H3,(H,17,20). The van der Waals surface area contributed by atoms with E-state index in [4.69, 9.17) is 5.11 Å². The van der Waals surface area contributed by atoms with Crippen molar-refractivity contribution in [1.82, 2.24) is 9.62 Å². The summed E-state index contributed by atoms with van der Waals surface area (Å²) in [5.74, 6) is -0.296. The molecular weight excluding hydrogens is 316 g/mol. The van der Waals surface area contributed by atoms with Gasteiger partial charge in [0.2, 0.25) is 15.9 Å². The van der Waals surface area contributed by atoms with Crippen molar-refractivity contribution in [3.63, 3.8) is 0 Å². The lowest BCUT2D eigenvalue weighted by atomic mass is 9.97. The van der Waals surface area contributed by atoms with Crippen LogP contribution in [0.5, 0.6) is 0 Å². The van der Waals surface area contributed by atoms with Crippen molar-refractivity contribution in [3.8, 4) is 0 Å². The number of hydrogen-bond donors (Lipinski definition) is 2. The maximum atomic E-state index is 12.7. The van der Waals surface area contributed by atoms with Crippen molar-refractivity contribution in [2.45, 2.75) is 31.6 Å². The van der Waals surface area contributed by atoms with Gasteiger partial charge in [-0.2, -0.15) is 4.31 Å². The first-order chi connectivity index (χ1) is 10.9. The van der Waals surface area contributed by atoms with E-state index in [0.717, 1.165) is 11.1 Å². The summed E-state index contributed by atoms with van der Waals surface area (Å²) in [5.41, 5.74) is 2.01. The van der Waals surface area contributed by atoms with Crippen molar-refractivity contribution in [2.75, 3.05) is 26.2 Å². The number of carbonyl (C=O) groups is 1. The minimum atomic E-state index is -3.51. The molecule has 0 bridgehead atoms. The molecule has 0 atom stereocenters. The molecule has 0 unspecified atom stereocenters. The predicted octanol–water partition coefficient (Wildman–Crippen LogP) is 0.813. The van der Waals surface area contributed by atoms with Crippen molar-refractivity contribution in [3.05, 3.63) is 29.3 Å². The Labute approximate surface area is 137 Å². The van der Waals surface area contributed by atoms with E-state index in [0.29, 0.717) is 30.8 Å². The number of benzene rings is 1. The Balaban J connectivity index is 2.03. The normalized spacial score (nSPS) is 17.2. The fraction of sp³-hybridized carbons (Fsp3) is 0.562. The first kappa shape index (κ1) is 17.9. The quantitative estimate of drug-likeness (QED) is 0.830. The Morgan fingerprint density at radius 1 is 1.26 bits per heavy atom. The molecule has 7 heteroatoms. The molecule has 1 heterocycles. The summed E-state index contributed by atoms with van der Waals surface area (Å²) in [7, 11) is -3.51. The van der Waals surface area contributed by atoms with Gasteiger partial charge in [0, 0.05) is 25.6 Å². The number of aliphatic hydroxyl groups is 1. The fourth-order valence-electron chi connectivity index (χ4n) is 2.71. The zero-order valence-corrected chi connectivity index (χ0v) is 14.4. The molecule has 0 spiro atoms. The van der Waals surface area contributed by atoms with Crippen molar-refractivity contribution in [2.24, 2.45) is 5.92 Å². The van der Waals surface area contributed by atoms with Crippen LogP contribution in [0.2, 0.25) is 0 Å². The van der Waals surface area contributed by atoms with Gasteiger partial charge in [0.1, 0.15) is 0 Å². The number of aliphatic hydroxyl groups excluding tert-OH is 1. The second-order valence-corrected chi connectivity index (χ2v) is 7.88. The van der Waals surface area contributed by atoms with Crippen LogP contribution in [-0.4, -0.2) is 50.0 Å². The van der Waals surface area contributed by atoms with Gasteiger partial charge in [-0.3, -0.25) is 4.79 Å². The first-order valence-corrected chi connectivity index (χ1v) is 9.26. The molecule has 0 aromatic heterocycles. The molecule has 1 aromatic carbocycles. The van der Waals surface area contributed by atoms with Gasteiger partial charge in [-0.15, -0.1) is 0 Å². The van der Waals surface area contributed by atoms with Gasteiger partial charge < -0.3 is 10.4 Å². The lowest BCUT2D eigenvalue weighted by Gasteiger charge is -2.30. The highest BCUT2D eigenvalue weighted by molar-refractivity contribution is 7.89. The Kier molecular flexibility index (Phi) is 5.78. The van der Waals surface area contributed by atoms with Gasteiger partial charge >= 0.3 is 0 Å². The van der Waals surface area contributed by atoms with Gasteiger partial charge in [-0.25, -0.2) is 8.42 Å². The topological polar surface area (TPSA) is 86.7 Å². The minimum absolute atomic E-state index is 0.0915. The number of rotatable bonds is 5. The van der Waals surface area contributed by atoms with Crippen molar-refractivity contribution < 1.29 is 18.3 Å². The predicted molar refractivity (Wildman–Crippen MR) is 87.5 cm³/mol. The highest BCUT2D eigenvalue weighted by Crippen LogP contribution is 2.25. The minimum Gasteiger partial charge on any atom is -0.395 e. The molecule has 2 rings (SSSR count). The molecule has 1 fully saturated rings. The SMILES string of the molecule is Cc1ccc(S(=O)(=O)N2CCC(C(=O)NCCO)CC2)cc1C. The average molecular weight is 340 g/mol. The number of hydrogen-bond acceptors (Lipinski definition) is 4. The highest BCUT2D eigenvalue weighted by atomic mass is 32.2. The second kappa shape index (κ2) is 7.42. The monoisotopic (exact) mass is 340 g/mol. The number of piperidine rings is 1. The van der Waals surface area contributed by atoms with Crippen LogP contribution < -0.4 is 5.32 Å². The average Bonchev–Trinajstić information content (AvgIpc) is 2.55. The summed E-state index contributed by atoms with van der Waals surface area (Å²) < 4.78 is 26.8. The van der Waals surface area contributed by atoms with E-state index >= 15 is 0 Å². The smallest absolute Gasteiger partial charge is 0.243 e. The van der Waals surface area contributed by atoms with Gasteiger partial charge in [-0.1, -0.05) is 6.07 Å². The third kappa shape index (κ3) is 4.10. The maximum absolute atomic E-state index is 12.7. The molecule has 0 aliphatic carbocycles. The van der Waals surface area contributed by atoms with E-state index in [1.807, 2.05) is 19.9 Å². The van der Waals surface area contributed by atoms with E-state index in [2.05, 4.69) is 5.32 Å². The highest BCUT2D eigenvalue weighted by Gasteiger charge is 2.32. The molecule has 6 nitrogen and oxygen atoms in total. The van der Waals surface area contributed by atoms with Crippen LogP contribution in [0.1, 0.15) is 24.0 Å². The first-order valence-electron chi connectivity index (χ1n) is 7.82. The van der Waals surface area contributed by atoms with Gasteiger partial charge in [-0.05, 0) is 49.9 Å². The molecule has 1 aliphatic heterocycles. The van der Waals surface area contributed by atoms with Gasteiger partial charge in [0.25, 0.3) is 0 Å². The number of amides is 1. The van der Waals surface area contributed by atoms with Crippen LogP contribution in [0.4, 0.5) is 0 Å². The number of nitrogens with zero attached hydrogens (tertiary/aromatic N) is 1. The summed E-state index contributed by atoms with van der Waals surface area (Å²) in [4.78, 5) is 12.2. The van der Waals surface area contributed by atoms with E-state index in [-0.39, 0.29) is 25.0 Å². The van der Waals surface area contributed by atoms with Crippen LogP contribution in [0.25, 0.3) is 0 Å². The Morgan fingerprint density at radius 2 is 1.91 bits per heavy atom. The Bertz CT molecular complexity index is 665. The van der Waals surface area contributed by atoms with Gasteiger partial charge in [0.05, 0.1) is 11.5 Å². The Morgan fingerprint density at radius 3 is 2.48 bits per heavy atom. The molecule has 128 valence electrons. The molecule has 23 heavy (non-hydrogen) atoms. The zero-order chi connectivity index (χ0) is 17.0. The summed E-state index contributed by atoms with van der Waals surface area (Å²) in [6, 6.07) is 5.15. The van der Waals surface area contributed by atoms with Crippen LogP contribution in [0.3, 0.4) is 0 Å². The summed E-state index contributed by atoms with van der Waals surface area (Å²) >= 11 is 0. The van der Waals surface area contributed by atoms with E-state index in [1.165, 1.54) is 4.31 Å². The van der Waals surface area contributed by atoms with Crippen molar-refractivity contribution in [1.29, 1.82) is 0 Å². The van der Waals surface area contributed by atoms with E-state index < -0.39 is 10.0 Å². The molecule has 1 saturated heterocycles. The molecule has 0 saturated carbocycles. The van der Waals surface area contributed by atoms with Crippen LogP contribution in [0.15, 0.2) is 23.1 Å². The summed E-state index contributed by atoms with van der Waals surface area (Å²) in [6.07, 6.45) is 1.00. The van der Waals surface area contributed by atoms with E-state index in [9.17, 15) is 13.2 Å². The maximum Gasteiger partial charge on any atom is 0.243 e. The van der Waals surface area contributed by atoms with Gasteiger partial charge in [0.15, 0.2) is 0 Å². The molecule has 0 radical (unpaired) electrons. The third-order valence-corrected chi connectivity index (χ3v) is 6.25. The molecule has 1 aromatic rings. The number of carbonyl (C=O) groups excluding carboxylic acids is 1. The lowest BCUT2D eigenvalue weighted by molar-refractivity contribution is -0.126. The lowest BCUT2D eigenvalue weighted by Crippen LogP contribution is -2.43. The Hall–Kier alpha value is -1.44. The number of nitrogens with one attached hydrogen (secondary N) is 1. The summed E-state index contributed by atoms with van der Waals surface area (Å²) in [6.45, 7) is 4.67. The van der Waals surface area contributed by atoms with Crippen LogP contribution in [0, 0.1) is 19.8 Å². The molecule has 2 N–H and O–H groups in total. The molecule has 1 aliphatic rings. The number of sulfonamides is 1. The van der Waals surface area contributed by atoms with Crippen molar-refractivity contribution >= 4 is 15.9 Å². The van der Waals surface area contributed by atoms with Crippen LogP contribution >= 0.6 is 0 Å². The molecular formula is C16H24N2O4S. The second-order valence-electron chi connectivity index (χ2n) is 5.94. The third-order valence-electron chi connectivity index (χ3n) is 4.35. The zero-order valence-electron chi connectivity index (χ0n) is 13.6. The fourth-order valence-corrected chi connectivity index (χ4v) is 4.26. The largest absolute Gasteiger partial charge is 0.395 e. The number of aryl methyl sites for hydroxylation is 2. The van der Waals surface area contributed by atoms with E-state index in [1.54, 1.807) is 12.1 Å². The molecule has 1 amide bonds. The summed E-state index contributed by atoms with van der Waals surface area (Å²) in [5, 5.41) is 11.4. The van der Waals surface area contributed by atoms with Crippen LogP contribution in [-0.2, 0) is 14.8 Å².